The molecule has 1 saturated carbocycles. The fourth-order valence-electron chi connectivity index (χ4n) is 2.61. The fraction of sp³-hybridized carbons (Fsp3) is 0.400. The van der Waals surface area contributed by atoms with Gasteiger partial charge in [0.15, 0.2) is 10.8 Å². The van der Waals surface area contributed by atoms with E-state index >= 15 is 0 Å². The van der Waals surface area contributed by atoms with Crippen molar-refractivity contribution in [2.45, 2.75) is 45.3 Å². The van der Waals surface area contributed by atoms with Crippen LogP contribution in [0.2, 0.25) is 0 Å². The van der Waals surface area contributed by atoms with Crippen molar-refractivity contribution < 1.29 is 31.9 Å². The summed E-state index contributed by atoms with van der Waals surface area (Å²) in [5, 5.41) is 4.39. The lowest BCUT2D eigenvalue weighted by Gasteiger charge is -2.26. The molecule has 1 fully saturated rings. The number of hydrogen-bond donors (Lipinski definition) is 2. The Kier molecular flexibility index (Phi) is 5.68. The van der Waals surface area contributed by atoms with Crippen molar-refractivity contribution in [3.05, 3.63) is 46.2 Å². The molecule has 1 aromatic carbocycles. The molecule has 1 aliphatic rings. The third kappa shape index (κ3) is 4.92. The Morgan fingerprint density at radius 2 is 1.68 bits per heavy atom. The topological polar surface area (TPSA) is 88.2 Å². The molecule has 3 rings (SSSR count). The number of aromatic nitrogens is 1. The van der Waals surface area contributed by atoms with Crippen molar-refractivity contribution in [3.8, 4) is 0 Å². The van der Waals surface area contributed by atoms with Crippen molar-refractivity contribution in [1.29, 1.82) is 0 Å². The summed E-state index contributed by atoms with van der Waals surface area (Å²) in [7, 11) is 0. The Morgan fingerprint density at radius 3 is 2.19 bits per heavy atom. The van der Waals surface area contributed by atoms with Crippen LogP contribution in [0.3, 0.4) is 0 Å². The number of benzene rings is 1. The lowest BCUT2D eigenvalue weighted by Crippen LogP contribution is -2.54. The molecule has 1 heterocycles. The molecule has 31 heavy (non-hydrogen) atoms. The van der Waals surface area contributed by atoms with E-state index < -0.39 is 50.3 Å². The third-order valence-electron chi connectivity index (χ3n) is 4.97. The number of nitrogens with one attached hydrogen (secondary N) is 2. The quantitative estimate of drug-likeness (QED) is 0.504. The molecule has 2 N–H and O–H groups in total. The molecule has 2 amide bonds. The second-order valence-electron chi connectivity index (χ2n) is 8.12. The smallest absolute Gasteiger partial charge is 0.342 e. The molecule has 0 radical (unpaired) electrons. The molecule has 11 heteroatoms. The minimum atomic E-state index is -4.95. The van der Waals surface area contributed by atoms with Gasteiger partial charge in [0.25, 0.3) is 5.91 Å². The molecule has 1 aromatic heterocycles. The molecule has 0 atom stereocenters. The Bertz CT molecular complexity index is 1040. The Hall–Kier alpha value is -2.82. The van der Waals surface area contributed by atoms with E-state index in [1.807, 2.05) is 0 Å². The van der Waals surface area contributed by atoms with Crippen LogP contribution in [0.25, 0.3) is 0 Å². The van der Waals surface area contributed by atoms with Crippen molar-refractivity contribution in [2.75, 3.05) is 5.32 Å². The van der Waals surface area contributed by atoms with E-state index in [2.05, 4.69) is 15.6 Å². The molecule has 0 spiro atoms. The van der Waals surface area contributed by atoms with Gasteiger partial charge >= 0.3 is 6.18 Å². The van der Waals surface area contributed by atoms with Crippen LogP contribution in [0.1, 0.15) is 54.5 Å². The molecule has 0 saturated heterocycles. The molecule has 2 aromatic rings. The van der Waals surface area contributed by atoms with Crippen molar-refractivity contribution in [1.82, 2.24) is 10.3 Å². The molecule has 1 aliphatic carbocycles. The zero-order chi connectivity index (χ0) is 23.2. The van der Waals surface area contributed by atoms with E-state index in [1.54, 1.807) is 6.92 Å². The van der Waals surface area contributed by atoms with Crippen LogP contribution in [0.4, 0.5) is 22.7 Å². The van der Waals surface area contributed by atoms with E-state index in [0.717, 1.165) is 24.3 Å². The van der Waals surface area contributed by atoms with Gasteiger partial charge < -0.3 is 5.32 Å². The maximum atomic E-state index is 13.4. The zero-order valence-electron chi connectivity index (χ0n) is 16.8. The van der Waals surface area contributed by atoms with Gasteiger partial charge in [-0.15, -0.1) is 0 Å². The summed E-state index contributed by atoms with van der Waals surface area (Å²) >= 11 is 0.356. The number of alkyl halides is 3. The number of rotatable bonds is 6. The summed E-state index contributed by atoms with van der Waals surface area (Å²) in [6.07, 6.45) is -3.57. The highest BCUT2D eigenvalue weighted by Gasteiger charge is 2.47. The van der Waals surface area contributed by atoms with Gasteiger partial charge in [-0.25, -0.2) is 9.37 Å². The normalized spacial score (nSPS) is 15.3. The van der Waals surface area contributed by atoms with Gasteiger partial charge in [0.05, 0.1) is 0 Å². The summed E-state index contributed by atoms with van der Waals surface area (Å²) in [6.45, 7) is 4.57. The lowest BCUT2D eigenvalue weighted by atomic mass is 10.0. The molecule has 0 bridgehead atoms. The minimum absolute atomic E-state index is 0.154. The van der Waals surface area contributed by atoms with E-state index in [9.17, 15) is 31.9 Å². The lowest BCUT2D eigenvalue weighted by molar-refractivity contribution is -0.141. The van der Waals surface area contributed by atoms with Crippen molar-refractivity contribution >= 4 is 34.1 Å². The number of carbonyl (C=O) groups excluding carboxylic acids is 3. The number of carbonyl (C=O) groups is 3. The summed E-state index contributed by atoms with van der Waals surface area (Å²) in [6, 6.07) is 4.03. The number of thiazole rings is 1. The van der Waals surface area contributed by atoms with E-state index in [0.29, 0.717) is 24.2 Å². The monoisotopic (exact) mass is 457 g/mol. The first-order valence-corrected chi connectivity index (χ1v) is 10.1. The van der Waals surface area contributed by atoms with Crippen LogP contribution in [0.5, 0.6) is 0 Å². The van der Waals surface area contributed by atoms with Crippen LogP contribution >= 0.6 is 11.3 Å². The third-order valence-corrected chi connectivity index (χ3v) is 5.94. The SMILES string of the molecule is CC1(C(=O)NC(C)(C)C(=O)Nc2nc(C(F)(F)F)c(C(=O)c3ccc(F)cc3)s2)CC1. The molecule has 166 valence electrons. The van der Waals surface area contributed by atoms with Gasteiger partial charge in [-0.05, 0) is 51.0 Å². The maximum Gasteiger partial charge on any atom is 0.435 e. The van der Waals surface area contributed by atoms with Gasteiger partial charge in [-0.1, -0.05) is 18.3 Å². The number of halogens is 4. The molecule has 0 aliphatic heterocycles. The van der Waals surface area contributed by atoms with Crippen LogP contribution < -0.4 is 10.6 Å². The number of ketones is 1. The van der Waals surface area contributed by atoms with Crippen molar-refractivity contribution in [3.63, 3.8) is 0 Å². The average Bonchev–Trinajstić information content (AvgIpc) is 3.27. The van der Waals surface area contributed by atoms with Gasteiger partial charge in [0.2, 0.25) is 11.7 Å². The second-order valence-corrected chi connectivity index (χ2v) is 9.12. The Balaban J connectivity index is 1.85. The number of amides is 2. The van der Waals surface area contributed by atoms with Gasteiger partial charge in [0.1, 0.15) is 16.2 Å². The molecule has 0 unspecified atom stereocenters. The van der Waals surface area contributed by atoms with E-state index in [-0.39, 0.29) is 11.5 Å². The highest BCUT2D eigenvalue weighted by molar-refractivity contribution is 7.18. The first-order valence-electron chi connectivity index (χ1n) is 9.25. The minimum Gasteiger partial charge on any atom is -0.342 e. The standard InChI is InChI=1S/C20H19F4N3O3S/c1-18(2,27-16(30)19(3)8-9-19)15(29)26-17-25-14(20(22,23)24)13(31-17)12(28)10-4-6-11(21)7-5-10/h4-7H,8-9H2,1-3H3,(H,27,30)(H,25,26,29). The summed E-state index contributed by atoms with van der Waals surface area (Å²) < 4.78 is 53.4. The largest absolute Gasteiger partial charge is 0.435 e. The van der Waals surface area contributed by atoms with Crippen LogP contribution in [0.15, 0.2) is 24.3 Å². The number of nitrogens with zero attached hydrogens (tertiary/aromatic N) is 1. The van der Waals surface area contributed by atoms with Gasteiger partial charge in [-0.3, -0.25) is 19.7 Å². The summed E-state index contributed by atoms with van der Waals surface area (Å²) in [4.78, 5) is 40.1. The predicted octanol–water partition coefficient (Wildman–Crippen LogP) is 4.17. The molecular weight excluding hydrogens is 438 g/mol. The zero-order valence-corrected chi connectivity index (χ0v) is 17.6. The maximum absolute atomic E-state index is 13.4. The van der Waals surface area contributed by atoms with E-state index in [1.165, 1.54) is 13.8 Å². The highest BCUT2D eigenvalue weighted by Crippen LogP contribution is 2.45. The number of anilines is 1. The second kappa shape index (κ2) is 7.70. The number of hydrogen-bond acceptors (Lipinski definition) is 5. The van der Waals surface area contributed by atoms with Gasteiger partial charge in [0, 0.05) is 11.0 Å². The molecule has 6 nitrogen and oxygen atoms in total. The molecular formula is C20H19F4N3O3S. The predicted molar refractivity (Wildman–Crippen MR) is 105 cm³/mol. The van der Waals surface area contributed by atoms with Crippen LogP contribution in [-0.2, 0) is 15.8 Å². The van der Waals surface area contributed by atoms with Crippen LogP contribution in [-0.4, -0.2) is 28.1 Å². The summed E-state index contributed by atoms with van der Waals surface area (Å²) in [5.41, 5.74) is -3.57. The first-order chi connectivity index (χ1) is 14.2. The van der Waals surface area contributed by atoms with Crippen molar-refractivity contribution in [2.24, 2.45) is 5.41 Å². The summed E-state index contributed by atoms with van der Waals surface area (Å²) in [5.74, 6) is -2.75. The Labute approximate surface area is 179 Å². The van der Waals surface area contributed by atoms with E-state index in [4.69, 9.17) is 0 Å². The van der Waals surface area contributed by atoms with Gasteiger partial charge in [-0.2, -0.15) is 13.2 Å². The fourth-order valence-corrected chi connectivity index (χ4v) is 3.55. The highest BCUT2D eigenvalue weighted by atomic mass is 32.1. The Morgan fingerprint density at radius 1 is 1.10 bits per heavy atom. The van der Waals surface area contributed by atoms with Crippen LogP contribution in [0, 0.1) is 11.2 Å². The average molecular weight is 457 g/mol. The first kappa shape index (κ1) is 22.9.